The van der Waals surface area contributed by atoms with Crippen LogP contribution in [0.15, 0.2) is 76.2 Å². The van der Waals surface area contributed by atoms with E-state index in [1.54, 1.807) is 6.26 Å². The van der Waals surface area contributed by atoms with Gasteiger partial charge in [0.2, 0.25) is 0 Å². The molecule has 0 aliphatic carbocycles. The number of pyridine rings is 1. The molecule has 0 saturated carbocycles. The quantitative estimate of drug-likeness (QED) is 0.532. The van der Waals surface area contributed by atoms with Gasteiger partial charge in [-0.1, -0.05) is 34.1 Å². The van der Waals surface area contributed by atoms with E-state index < -0.39 is 11.2 Å². The van der Waals surface area contributed by atoms with Gasteiger partial charge in [-0.15, -0.1) is 0 Å². The molecule has 126 valence electrons. The first kappa shape index (κ1) is 17.9. The molecular formula is C21H18BrNOS. The van der Waals surface area contributed by atoms with E-state index in [0.29, 0.717) is 0 Å². The van der Waals surface area contributed by atoms with Crippen molar-refractivity contribution < 1.29 is 4.55 Å². The van der Waals surface area contributed by atoms with Gasteiger partial charge < -0.3 is 4.55 Å². The minimum atomic E-state index is -0.978. The van der Waals surface area contributed by atoms with Crippen molar-refractivity contribution in [1.82, 2.24) is 4.98 Å². The van der Waals surface area contributed by atoms with Gasteiger partial charge in [0.25, 0.3) is 0 Å². The summed E-state index contributed by atoms with van der Waals surface area (Å²) in [5, 5.41) is 0. The van der Waals surface area contributed by atoms with Gasteiger partial charge in [0.15, 0.2) is 4.90 Å². The number of benzene rings is 2. The largest absolute Gasteiger partial charge is 0.612 e. The third kappa shape index (κ3) is 4.60. The lowest BCUT2D eigenvalue weighted by molar-refractivity contribution is 0.601. The van der Waals surface area contributed by atoms with E-state index in [2.05, 4.69) is 45.2 Å². The Bertz CT molecular complexity index is 887. The average Bonchev–Trinajstić information content (AvgIpc) is 2.61. The lowest BCUT2D eigenvalue weighted by atomic mass is 9.97. The van der Waals surface area contributed by atoms with Crippen molar-refractivity contribution in [3.63, 3.8) is 0 Å². The van der Waals surface area contributed by atoms with Gasteiger partial charge in [-0.2, -0.15) is 0 Å². The fourth-order valence-electron chi connectivity index (χ4n) is 2.53. The van der Waals surface area contributed by atoms with Crippen LogP contribution in [-0.2, 0) is 11.2 Å². The number of halogens is 1. The molecule has 0 fully saturated rings. The highest BCUT2D eigenvalue weighted by atomic mass is 79.9. The minimum Gasteiger partial charge on any atom is -0.612 e. The SMILES string of the molecule is Cc1ccc(/C=C(/c2ccc([S+](C)[O-])cc2)c2cccc(Br)c2)nc1. The molecule has 1 unspecified atom stereocenters. The summed E-state index contributed by atoms with van der Waals surface area (Å²) in [6, 6.07) is 20.1. The van der Waals surface area contributed by atoms with E-state index >= 15 is 0 Å². The van der Waals surface area contributed by atoms with Gasteiger partial charge in [-0.3, -0.25) is 4.98 Å². The molecule has 0 bridgehead atoms. The molecule has 1 heterocycles. The summed E-state index contributed by atoms with van der Waals surface area (Å²) >= 11 is 2.57. The van der Waals surface area contributed by atoms with E-state index in [-0.39, 0.29) is 0 Å². The Kier molecular flexibility index (Phi) is 5.74. The van der Waals surface area contributed by atoms with E-state index in [1.807, 2.05) is 55.6 Å². The molecule has 0 N–H and O–H groups in total. The molecular weight excluding hydrogens is 394 g/mol. The molecule has 0 radical (unpaired) electrons. The monoisotopic (exact) mass is 411 g/mol. The Morgan fingerprint density at radius 2 is 1.80 bits per heavy atom. The maximum Gasteiger partial charge on any atom is 0.152 e. The number of rotatable bonds is 4. The van der Waals surface area contributed by atoms with Crippen LogP contribution in [-0.4, -0.2) is 15.8 Å². The maximum absolute atomic E-state index is 11.6. The standard InChI is InChI=1S/C21H18BrNOS/c1-15-6-9-19(23-14-15)13-21(17-4-3-5-18(22)12-17)16-7-10-20(11-8-16)25(2)24/h3-14H,1-2H3/b21-13-. The van der Waals surface area contributed by atoms with Crippen molar-refractivity contribution in [3.8, 4) is 0 Å². The van der Waals surface area contributed by atoms with Crippen molar-refractivity contribution in [3.05, 3.63) is 93.7 Å². The van der Waals surface area contributed by atoms with Crippen LogP contribution < -0.4 is 0 Å². The normalized spacial score (nSPS) is 12.9. The molecule has 0 aliphatic rings. The molecule has 1 aromatic heterocycles. The van der Waals surface area contributed by atoms with Gasteiger partial charge in [0.1, 0.15) is 6.26 Å². The van der Waals surface area contributed by atoms with E-state index in [9.17, 15) is 4.55 Å². The number of aryl methyl sites for hydroxylation is 1. The van der Waals surface area contributed by atoms with Crippen molar-refractivity contribution in [2.75, 3.05) is 6.26 Å². The third-order valence-electron chi connectivity index (χ3n) is 3.86. The van der Waals surface area contributed by atoms with Crippen LogP contribution in [0.1, 0.15) is 22.4 Å². The molecule has 2 nitrogen and oxygen atoms in total. The van der Waals surface area contributed by atoms with E-state index in [1.165, 1.54) is 0 Å². The zero-order valence-electron chi connectivity index (χ0n) is 14.1. The first-order valence-corrected chi connectivity index (χ1v) is 10.2. The first-order valence-electron chi connectivity index (χ1n) is 7.87. The zero-order valence-corrected chi connectivity index (χ0v) is 16.5. The molecule has 3 aromatic rings. The van der Waals surface area contributed by atoms with E-state index in [0.717, 1.165) is 37.3 Å². The van der Waals surface area contributed by atoms with Gasteiger partial charge >= 0.3 is 0 Å². The lowest BCUT2D eigenvalue weighted by Crippen LogP contribution is -1.97. The number of hydrogen-bond acceptors (Lipinski definition) is 2. The highest BCUT2D eigenvalue weighted by Gasteiger charge is 2.09. The first-order chi connectivity index (χ1) is 12.0. The smallest absolute Gasteiger partial charge is 0.152 e. The second-order valence-corrected chi connectivity index (χ2v) is 8.10. The van der Waals surface area contributed by atoms with E-state index in [4.69, 9.17) is 0 Å². The highest BCUT2D eigenvalue weighted by molar-refractivity contribution is 9.10. The summed E-state index contributed by atoms with van der Waals surface area (Å²) in [6.45, 7) is 2.03. The van der Waals surface area contributed by atoms with Gasteiger partial charge in [0.05, 0.1) is 5.69 Å². The Labute approximate surface area is 159 Å². The number of hydrogen-bond donors (Lipinski definition) is 0. The molecule has 3 rings (SSSR count). The number of nitrogens with zero attached hydrogens (tertiary/aromatic N) is 1. The fraction of sp³-hybridized carbons (Fsp3) is 0.0952. The summed E-state index contributed by atoms with van der Waals surface area (Å²) in [7, 11) is 0. The fourth-order valence-corrected chi connectivity index (χ4v) is 3.45. The van der Waals surface area contributed by atoms with Gasteiger partial charge in [-0.05, 0) is 88.9 Å². The molecule has 0 saturated heterocycles. The number of aromatic nitrogens is 1. The summed E-state index contributed by atoms with van der Waals surface area (Å²) in [5.74, 6) is 0. The molecule has 1 atom stereocenters. The summed E-state index contributed by atoms with van der Waals surface area (Å²) < 4.78 is 12.7. The minimum absolute atomic E-state index is 0.825. The van der Waals surface area contributed by atoms with Crippen LogP contribution in [0.3, 0.4) is 0 Å². The molecule has 4 heteroatoms. The van der Waals surface area contributed by atoms with Crippen LogP contribution in [0.5, 0.6) is 0 Å². The average molecular weight is 412 g/mol. The van der Waals surface area contributed by atoms with Gasteiger partial charge in [0, 0.05) is 10.7 Å². The maximum atomic E-state index is 11.6. The second kappa shape index (κ2) is 8.00. The third-order valence-corrected chi connectivity index (χ3v) is 5.29. The predicted octanol–water partition coefficient (Wildman–Crippen LogP) is 5.48. The Hall–Kier alpha value is -1.88. The van der Waals surface area contributed by atoms with Crippen LogP contribution in [0.25, 0.3) is 11.6 Å². The highest BCUT2D eigenvalue weighted by Crippen LogP contribution is 2.28. The van der Waals surface area contributed by atoms with Crippen LogP contribution >= 0.6 is 15.9 Å². The van der Waals surface area contributed by atoms with Crippen LogP contribution in [0.2, 0.25) is 0 Å². The van der Waals surface area contributed by atoms with Crippen molar-refractivity contribution >= 4 is 38.8 Å². The summed E-state index contributed by atoms with van der Waals surface area (Å²) in [4.78, 5) is 5.33. The van der Waals surface area contributed by atoms with Crippen molar-refractivity contribution in [2.24, 2.45) is 0 Å². The Morgan fingerprint density at radius 3 is 2.40 bits per heavy atom. The van der Waals surface area contributed by atoms with Crippen molar-refractivity contribution in [1.29, 1.82) is 0 Å². The lowest BCUT2D eigenvalue weighted by Gasteiger charge is -2.11. The second-order valence-electron chi connectivity index (χ2n) is 5.81. The van der Waals surface area contributed by atoms with Crippen molar-refractivity contribution in [2.45, 2.75) is 11.8 Å². The van der Waals surface area contributed by atoms with Gasteiger partial charge in [-0.25, -0.2) is 0 Å². The molecule has 0 spiro atoms. The topological polar surface area (TPSA) is 36.0 Å². The summed E-state index contributed by atoms with van der Waals surface area (Å²) in [5.41, 5.74) is 5.28. The molecule has 2 aromatic carbocycles. The molecule has 0 aliphatic heterocycles. The van der Waals surface area contributed by atoms with Crippen LogP contribution in [0, 0.1) is 6.92 Å². The predicted molar refractivity (Wildman–Crippen MR) is 109 cm³/mol. The van der Waals surface area contributed by atoms with Crippen LogP contribution in [0.4, 0.5) is 0 Å². The summed E-state index contributed by atoms with van der Waals surface area (Å²) in [6.07, 6.45) is 5.64. The molecule has 25 heavy (non-hydrogen) atoms. The zero-order chi connectivity index (χ0) is 17.8. The Morgan fingerprint density at radius 1 is 1.04 bits per heavy atom. The Balaban J connectivity index is 2.10. The molecule has 0 amide bonds.